The van der Waals surface area contributed by atoms with Crippen LogP contribution in [0.3, 0.4) is 0 Å². The minimum atomic E-state index is -0.242. The van der Waals surface area contributed by atoms with Gasteiger partial charge in [0.2, 0.25) is 0 Å². The first-order chi connectivity index (χ1) is 6.22. The molecule has 0 unspecified atom stereocenters. The molecule has 0 aliphatic carbocycles. The van der Waals surface area contributed by atoms with Crippen LogP contribution in [-0.4, -0.2) is 9.97 Å². The molecule has 0 radical (unpaired) electrons. The van der Waals surface area contributed by atoms with Crippen LogP contribution >= 0.6 is 0 Å². The molecule has 2 N–H and O–H groups in total. The third-order valence-electron chi connectivity index (χ3n) is 2.07. The van der Waals surface area contributed by atoms with Gasteiger partial charge in [0.15, 0.2) is 0 Å². The summed E-state index contributed by atoms with van der Waals surface area (Å²) < 4.78 is 0. The summed E-state index contributed by atoms with van der Waals surface area (Å²) in [7, 11) is 0. The number of nitrogens with zero attached hydrogens (tertiary/aromatic N) is 1. The first kappa shape index (κ1) is 7.62. The Hall–Kier alpha value is -2.02. The fourth-order valence-electron chi connectivity index (χ4n) is 1.37. The van der Waals surface area contributed by atoms with Gasteiger partial charge in [-0.3, -0.25) is 0 Å². The number of hydrogen-bond acceptors (Lipinski definition) is 2. The largest absolute Gasteiger partial charge is 0.323 e. The minimum Gasteiger partial charge on any atom is -0.306 e. The van der Waals surface area contributed by atoms with Gasteiger partial charge in [-0.1, -0.05) is 0 Å². The molecule has 64 valence electrons. The van der Waals surface area contributed by atoms with E-state index in [1.165, 1.54) is 0 Å². The predicted molar refractivity (Wildman–Crippen MR) is 48.4 cm³/mol. The molecule has 1 aromatic heterocycles. The molecule has 0 atom stereocenters. The lowest BCUT2D eigenvalue weighted by molar-refractivity contribution is 1.21. The normalized spacial score (nSPS) is 10.2. The number of nitriles is 1. The van der Waals surface area contributed by atoms with Crippen LogP contribution < -0.4 is 5.69 Å². The third-order valence-corrected chi connectivity index (χ3v) is 2.07. The van der Waals surface area contributed by atoms with E-state index in [0.717, 1.165) is 11.1 Å². The topological polar surface area (TPSA) is 72.4 Å². The summed E-state index contributed by atoms with van der Waals surface area (Å²) in [4.78, 5) is 16.2. The van der Waals surface area contributed by atoms with Crippen LogP contribution in [0.2, 0.25) is 0 Å². The number of benzene rings is 1. The van der Waals surface area contributed by atoms with E-state index >= 15 is 0 Å². The Morgan fingerprint density at radius 3 is 2.85 bits per heavy atom. The zero-order valence-corrected chi connectivity index (χ0v) is 7.01. The number of fused-ring (bicyclic) bond motifs is 1. The molecule has 2 rings (SSSR count). The molecule has 0 aliphatic rings. The second-order valence-corrected chi connectivity index (χ2v) is 2.85. The number of aromatic nitrogens is 2. The third kappa shape index (κ3) is 1.02. The van der Waals surface area contributed by atoms with E-state index in [2.05, 4.69) is 16.0 Å². The number of hydrogen-bond donors (Lipinski definition) is 2. The zero-order valence-electron chi connectivity index (χ0n) is 7.01. The Bertz CT molecular complexity index is 556. The SMILES string of the molecule is Cc1c(C#N)ccc2[nH]c(=O)[nH]c12. The van der Waals surface area contributed by atoms with Crippen LogP contribution in [0.5, 0.6) is 0 Å². The molecule has 2 aromatic rings. The molecule has 0 saturated heterocycles. The van der Waals surface area contributed by atoms with Crippen molar-refractivity contribution in [2.24, 2.45) is 0 Å². The van der Waals surface area contributed by atoms with Crippen molar-refractivity contribution in [2.45, 2.75) is 6.92 Å². The Morgan fingerprint density at radius 1 is 1.38 bits per heavy atom. The van der Waals surface area contributed by atoms with Gasteiger partial charge in [-0.25, -0.2) is 4.79 Å². The van der Waals surface area contributed by atoms with E-state index in [4.69, 9.17) is 5.26 Å². The number of imidazole rings is 1. The average Bonchev–Trinajstić information content (AvgIpc) is 2.47. The van der Waals surface area contributed by atoms with Gasteiger partial charge in [0.05, 0.1) is 22.7 Å². The Labute approximate surface area is 73.8 Å². The standard InChI is InChI=1S/C9H7N3O/c1-5-6(4-10)2-3-7-8(5)12-9(13)11-7/h2-3H,1H3,(H2,11,12,13). The van der Waals surface area contributed by atoms with E-state index in [-0.39, 0.29) is 5.69 Å². The highest BCUT2D eigenvalue weighted by Gasteiger charge is 2.04. The van der Waals surface area contributed by atoms with Gasteiger partial charge in [0, 0.05) is 0 Å². The maximum atomic E-state index is 10.9. The van der Waals surface area contributed by atoms with Crippen molar-refractivity contribution in [3.8, 4) is 6.07 Å². The summed E-state index contributed by atoms with van der Waals surface area (Å²) in [5.74, 6) is 0. The first-order valence-electron chi connectivity index (χ1n) is 3.84. The van der Waals surface area contributed by atoms with Gasteiger partial charge >= 0.3 is 5.69 Å². The number of nitrogens with one attached hydrogen (secondary N) is 2. The fourth-order valence-corrected chi connectivity index (χ4v) is 1.37. The number of H-pyrrole nitrogens is 2. The van der Waals surface area contributed by atoms with Gasteiger partial charge in [-0.2, -0.15) is 5.26 Å². The second-order valence-electron chi connectivity index (χ2n) is 2.85. The van der Waals surface area contributed by atoms with E-state index in [0.29, 0.717) is 11.1 Å². The Balaban J connectivity index is 2.95. The highest BCUT2D eigenvalue weighted by atomic mass is 16.1. The quantitative estimate of drug-likeness (QED) is 0.624. The predicted octanol–water partition coefficient (Wildman–Crippen LogP) is 1.04. The summed E-state index contributed by atoms with van der Waals surface area (Å²) in [5.41, 5.74) is 2.60. The van der Waals surface area contributed by atoms with Crippen LogP contribution in [-0.2, 0) is 0 Å². The number of aromatic amines is 2. The van der Waals surface area contributed by atoms with Gasteiger partial charge in [0.1, 0.15) is 0 Å². The summed E-state index contributed by atoms with van der Waals surface area (Å²) in [6.45, 7) is 1.81. The van der Waals surface area contributed by atoms with Gasteiger partial charge in [0.25, 0.3) is 0 Å². The lowest BCUT2D eigenvalue weighted by atomic mass is 10.1. The highest BCUT2D eigenvalue weighted by molar-refractivity contribution is 5.80. The molecule has 1 aromatic carbocycles. The van der Waals surface area contributed by atoms with Crippen LogP contribution in [0.15, 0.2) is 16.9 Å². The Kier molecular flexibility index (Phi) is 1.46. The summed E-state index contributed by atoms with van der Waals surface area (Å²) >= 11 is 0. The monoisotopic (exact) mass is 173 g/mol. The van der Waals surface area contributed by atoms with E-state index in [9.17, 15) is 4.79 Å². The summed E-state index contributed by atoms with van der Waals surface area (Å²) in [5, 5.41) is 8.73. The summed E-state index contributed by atoms with van der Waals surface area (Å²) in [6, 6.07) is 5.48. The number of aryl methyl sites for hydroxylation is 1. The van der Waals surface area contributed by atoms with Crippen molar-refractivity contribution in [2.75, 3.05) is 0 Å². The molecular formula is C9H7N3O. The molecule has 0 spiro atoms. The van der Waals surface area contributed by atoms with E-state index < -0.39 is 0 Å². The molecule has 0 fully saturated rings. The molecule has 1 heterocycles. The van der Waals surface area contributed by atoms with Crippen molar-refractivity contribution < 1.29 is 0 Å². The first-order valence-corrected chi connectivity index (χ1v) is 3.84. The maximum absolute atomic E-state index is 10.9. The molecule has 4 heteroatoms. The van der Waals surface area contributed by atoms with Crippen molar-refractivity contribution in [3.05, 3.63) is 33.7 Å². The second kappa shape index (κ2) is 2.49. The van der Waals surface area contributed by atoms with Gasteiger partial charge in [-0.05, 0) is 24.6 Å². The van der Waals surface area contributed by atoms with E-state index in [1.54, 1.807) is 12.1 Å². The molecular weight excluding hydrogens is 166 g/mol. The van der Waals surface area contributed by atoms with Crippen LogP contribution in [0.4, 0.5) is 0 Å². The van der Waals surface area contributed by atoms with E-state index in [1.807, 2.05) is 6.92 Å². The maximum Gasteiger partial charge on any atom is 0.323 e. The van der Waals surface area contributed by atoms with Gasteiger partial charge in [-0.15, -0.1) is 0 Å². The van der Waals surface area contributed by atoms with Crippen molar-refractivity contribution in [1.29, 1.82) is 5.26 Å². The van der Waals surface area contributed by atoms with Crippen LogP contribution in [0.1, 0.15) is 11.1 Å². The van der Waals surface area contributed by atoms with Crippen LogP contribution in [0.25, 0.3) is 11.0 Å². The zero-order chi connectivity index (χ0) is 9.42. The number of rotatable bonds is 0. The lowest BCUT2D eigenvalue weighted by Crippen LogP contribution is -1.99. The van der Waals surface area contributed by atoms with Crippen molar-refractivity contribution in [3.63, 3.8) is 0 Å². The highest BCUT2D eigenvalue weighted by Crippen LogP contribution is 2.15. The molecule has 4 nitrogen and oxygen atoms in total. The molecule has 0 aliphatic heterocycles. The van der Waals surface area contributed by atoms with Crippen molar-refractivity contribution in [1.82, 2.24) is 9.97 Å². The Morgan fingerprint density at radius 2 is 2.15 bits per heavy atom. The molecule has 0 bridgehead atoms. The van der Waals surface area contributed by atoms with Crippen molar-refractivity contribution >= 4 is 11.0 Å². The van der Waals surface area contributed by atoms with Crippen LogP contribution in [0, 0.1) is 18.3 Å². The van der Waals surface area contributed by atoms with Gasteiger partial charge < -0.3 is 9.97 Å². The average molecular weight is 173 g/mol. The minimum absolute atomic E-state index is 0.242. The molecule has 13 heavy (non-hydrogen) atoms. The molecule has 0 amide bonds. The summed E-state index contributed by atoms with van der Waals surface area (Å²) in [6.07, 6.45) is 0. The lowest BCUT2D eigenvalue weighted by Gasteiger charge is -1.96. The smallest absolute Gasteiger partial charge is 0.306 e. The fraction of sp³-hybridized carbons (Fsp3) is 0.111. The molecule has 0 saturated carbocycles.